The van der Waals surface area contributed by atoms with Crippen LogP contribution < -0.4 is 0 Å². The molecule has 0 amide bonds. The van der Waals surface area contributed by atoms with Gasteiger partial charge in [-0.1, -0.05) is 102 Å². The number of hydrogen-bond acceptors (Lipinski definition) is 2. The average Bonchev–Trinajstić information content (AvgIpc) is 3.46. The first-order valence-electron chi connectivity index (χ1n) is 17.5. The minimum absolute atomic E-state index is 0. The second-order valence-electron chi connectivity index (χ2n) is 15.6. The Kier molecular flexibility index (Phi) is 9.04. The van der Waals surface area contributed by atoms with Crippen LogP contribution in [0.2, 0.25) is 0 Å². The van der Waals surface area contributed by atoms with Crippen molar-refractivity contribution in [2.24, 2.45) is 5.41 Å². The molecule has 1 radical (unpaired) electrons. The Morgan fingerprint density at radius 2 is 1.45 bits per heavy atom. The van der Waals surface area contributed by atoms with Gasteiger partial charge in [-0.15, -0.1) is 59.5 Å². The summed E-state index contributed by atoms with van der Waals surface area (Å²) in [5, 5.41) is 6.03. The second-order valence-corrected chi connectivity index (χ2v) is 15.6. The van der Waals surface area contributed by atoms with Crippen LogP contribution in [0.1, 0.15) is 52.7 Å². The smallest absolute Gasteiger partial charge is 0.0435 e. The molecule has 0 aliphatic carbocycles. The average molecular weight is 840 g/mol. The SMILES string of the molecule is CC(C)(C)Cc1ccc(-c2cc3ccnc4c5[c-]ccc6c7ccccc7n(c(c2)c34)c56)cc1.CC(C)(C)c1ccc(-c2[c-]cccc2)nc1.[Ir]. The number of rotatable bonds is 3. The zero-order valence-corrected chi connectivity index (χ0v) is 32.4. The summed E-state index contributed by atoms with van der Waals surface area (Å²) in [4.78, 5) is 9.32. The van der Waals surface area contributed by atoms with Crippen LogP contribution in [0.4, 0.5) is 0 Å². The van der Waals surface area contributed by atoms with Crippen LogP contribution in [0.3, 0.4) is 0 Å². The summed E-state index contributed by atoms with van der Waals surface area (Å²) in [6.07, 6.45) is 4.96. The monoisotopic (exact) mass is 840 g/mol. The first kappa shape index (κ1) is 34.6. The van der Waals surface area contributed by atoms with Gasteiger partial charge in [-0.2, -0.15) is 0 Å². The third-order valence-corrected chi connectivity index (χ3v) is 9.58. The first-order valence-corrected chi connectivity index (χ1v) is 17.5. The van der Waals surface area contributed by atoms with E-state index in [1.807, 2.05) is 42.7 Å². The van der Waals surface area contributed by atoms with E-state index in [4.69, 9.17) is 4.98 Å². The molecule has 0 atom stereocenters. The molecule has 9 aromatic rings. The van der Waals surface area contributed by atoms with Crippen LogP contribution in [0.25, 0.3) is 71.4 Å². The fourth-order valence-corrected chi connectivity index (χ4v) is 7.19. The van der Waals surface area contributed by atoms with Crippen molar-refractivity contribution in [1.82, 2.24) is 14.4 Å². The fourth-order valence-electron chi connectivity index (χ4n) is 7.19. The number of benzene rings is 5. The van der Waals surface area contributed by atoms with Crippen LogP contribution in [0.5, 0.6) is 0 Å². The van der Waals surface area contributed by atoms with Crippen molar-refractivity contribution in [3.05, 3.63) is 151 Å². The number of aromatic nitrogens is 3. The maximum Gasteiger partial charge on any atom is 0.0435 e. The summed E-state index contributed by atoms with van der Waals surface area (Å²) in [7, 11) is 0. The molecule has 0 bridgehead atoms. The molecule has 9 rings (SSSR count). The molecule has 0 aliphatic rings. The molecule has 0 unspecified atom stereocenters. The normalized spacial score (nSPS) is 12.0. The summed E-state index contributed by atoms with van der Waals surface area (Å²) in [6.45, 7) is 13.4. The van der Waals surface area contributed by atoms with Gasteiger partial charge in [0.25, 0.3) is 0 Å². The zero-order chi connectivity index (χ0) is 34.6. The van der Waals surface area contributed by atoms with Gasteiger partial charge in [0.05, 0.1) is 0 Å². The van der Waals surface area contributed by atoms with Crippen molar-refractivity contribution >= 4 is 49.0 Å². The van der Waals surface area contributed by atoms with Crippen molar-refractivity contribution in [3.8, 4) is 22.4 Å². The van der Waals surface area contributed by atoms with Gasteiger partial charge in [0.2, 0.25) is 0 Å². The number of pyridine rings is 3. The molecule has 0 spiro atoms. The van der Waals surface area contributed by atoms with Crippen molar-refractivity contribution in [3.63, 3.8) is 0 Å². The minimum atomic E-state index is 0. The van der Waals surface area contributed by atoms with Gasteiger partial charge in [0.1, 0.15) is 0 Å². The molecule has 4 heteroatoms. The molecule has 3 nitrogen and oxygen atoms in total. The molecule has 4 heterocycles. The number of hydrogen-bond donors (Lipinski definition) is 0. The Labute approximate surface area is 314 Å². The van der Waals surface area contributed by atoms with Gasteiger partial charge in [0, 0.05) is 43.5 Å². The molecule has 0 saturated carbocycles. The van der Waals surface area contributed by atoms with E-state index in [2.05, 4.69) is 148 Å². The fraction of sp³-hybridized carbons (Fsp3) is 0.191. The predicted molar refractivity (Wildman–Crippen MR) is 211 cm³/mol. The predicted octanol–water partition coefficient (Wildman–Crippen LogP) is 12.3. The summed E-state index contributed by atoms with van der Waals surface area (Å²) < 4.78 is 2.42. The molecule has 255 valence electrons. The second kappa shape index (κ2) is 13.3. The summed E-state index contributed by atoms with van der Waals surface area (Å²) in [5.41, 5.74) is 12.2. The standard InChI is InChI=1S/C32H25N2.C15H16N.Ir/c1-32(2,3)19-20-11-13-21(14-12-20)23-17-22-15-16-33-30-26-9-6-8-25-24-7-4-5-10-27(24)34(31(25)26)28(18-23)29(22)30;1-15(2,3)13-9-10-14(16-11-13)12-7-5-4-6-8-12;/h4-8,10-18H,19H2,1-3H3;4-7,9-11H,1-3H3;/q2*-1;. The van der Waals surface area contributed by atoms with Crippen molar-refractivity contribution in [2.75, 3.05) is 0 Å². The quantitative estimate of drug-likeness (QED) is 0.101. The maximum absolute atomic E-state index is 4.84. The van der Waals surface area contributed by atoms with Gasteiger partial charge in [-0.3, -0.25) is 0 Å². The van der Waals surface area contributed by atoms with Crippen LogP contribution in [-0.2, 0) is 31.9 Å². The van der Waals surface area contributed by atoms with Crippen molar-refractivity contribution < 1.29 is 20.1 Å². The Hall–Kier alpha value is -4.89. The molecule has 51 heavy (non-hydrogen) atoms. The topological polar surface area (TPSA) is 30.2 Å². The van der Waals surface area contributed by atoms with Crippen LogP contribution >= 0.6 is 0 Å². The molecule has 4 aromatic heterocycles. The summed E-state index contributed by atoms with van der Waals surface area (Å²) >= 11 is 0. The van der Waals surface area contributed by atoms with E-state index in [9.17, 15) is 0 Å². The molecule has 0 N–H and O–H groups in total. The third kappa shape index (κ3) is 6.55. The molecule has 0 aliphatic heterocycles. The van der Waals surface area contributed by atoms with E-state index in [-0.39, 0.29) is 30.9 Å². The van der Waals surface area contributed by atoms with E-state index in [0.717, 1.165) is 28.6 Å². The molecular formula is C47H41IrN3-2. The minimum Gasteiger partial charge on any atom is -0.351 e. The van der Waals surface area contributed by atoms with Gasteiger partial charge in [-0.25, -0.2) is 0 Å². The summed E-state index contributed by atoms with van der Waals surface area (Å²) in [5.74, 6) is 0. The largest absolute Gasteiger partial charge is 0.351 e. The maximum atomic E-state index is 4.84. The molecule has 5 aromatic carbocycles. The van der Waals surface area contributed by atoms with Crippen LogP contribution in [0, 0.1) is 17.5 Å². The van der Waals surface area contributed by atoms with E-state index in [1.54, 1.807) is 0 Å². The molecular weight excluding hydrogens is 799 g/mol. The van der Waals surface area contributed by atoms with E-state index in [1.165, 1.54) is 60.3 Å². The Morgan fingerprint density at radius 1 is 0.667 bits per heavy atom. The van der Waals surface area contributed by atoms with Crippen molar-refractivity contribution in [1.29, 1.82) is 0 Å². The Bertz CT molecular complexity index is 2600. The van der Waals surface area contributed by atoms with Crippen molar-refractivity contribution in [2.45, 2.75) is 53.4 Å². The summed E-state index contributed by atoms with van der Waals surface area (Å²) in [6, 6.07) is 47.6. The van der Waals surface area contributed by atoms with Gasteiger partial charge >= 0.3 is 0 Å². The van der Waals surface area contributed by atoms with E-state index < -0.39 is 0 Å². The molecule has 0 fully saturated rings. The number of para-hydroxylation sites is 1. The van der Waals surface area contributed by atoms with Gasteiger partial charge < -0.3 is 14.4 Å². The molecule has 0 saturated heterocycles. The Balaban J connectivity index is 0.000000202. The van der Waals surface area contributed by atoms with E-state index >= 15 is 0 Å². The zero-order valence-electron chi connectivity index (χ0n) is 30.0. The van der Waals surface area contributed by atoms with Crippen LogP contribution in [0.15, 0.2) is 128 Å². The number of fused-ring (bicyclic) bond motifs is 5. The first-order chi connectivity index (χ1) is 24.0. The van der Waals surface area contributed by atoms with Gasteiger partial charge in [0.15, 0.2) is 0 Å². The Morgan fingerprint density at radius 3 is 2.16 bits per heavy atom. The number of nitrogens with zero attached hydrogens (tertiary/aromatic N) is 3. The van der Waals surface area contributed by atoms with Gasteiger partial charge in [-0.05, 0) is 96.7 Å². The van der Waals surface area contributed by atoms with Crippen LogP contribution in [-0.4, -0.2) is 14.4 Å². The van der Waals surface area contributed by atoms with E-state index in [0.29, 0.717) is 0 Å². The third-order valence-electron chi connectivity index (χ3n) is 9.58.